The molecular weight excluding hydrogens is 170 g/mol. The third-order valence-electron chi connectivity index (χ3n) is 2.24. The fourth-order valence-corrected chi connectivity index (χ4v) is 1.36. The Labute approximate surface area is 77.8 Å². The zero-order valence-corrected chi connectivity index (χ0v) is 7.84. The highest BCUT2D eigenvalue weighted by Gasteiger charge is 2.16. The van der Waals surface area contributed by atoms with Crippen LogP contribution in [-0.4, -0.2) is 37.1 Å². The summed E-state index contributed by atoms with van der Waals surface area (Å²) < 4.78 is 0. The monoisotopic (exact) mass is 187 g/mol. The van der Waals surface area contributed by atoms with E-state index in [1.54, 1.807) is 0 Å². The summed E-state index contributed by atoms with van der Waals surface area (Å²) in [5.74, 6) is 4.90. The Hall–Kier alpha value is -0.850. The molecule has 0 radical (unpaired) electrons. The fraction of sp³-hybridized carbons (Fsp3) is 0.857. The molecule has 0 aliphatic carbocycles. The van der Waals surface area contributed by atoms with Crippen molar-refractivity contribution in [3.05, 3.63) is 0 Å². The summed E-state index contributed by atoms with van der Waals surface area (Å²) in [6.07, 6.45) is 2.09. The van der Waals surface area contributed by atoms with Crippen LogP contribution in [0.3, 0.4) is 0 Å². The summed E-state index contributed by atoms with van der Waals surface area (Å²) in [7, 11) is 2.09. The Bertz CT molecular complexity index is 166. The molecule has 1 heterocycles. The smallest absolute Gasteiger partial charge is 0.306 e. The quantitative estimate of drug-likeness (QED) is 0.247. The Balaban J connectivity index is 2.12. The number of carbonyl (C=O) groups excluding carboxylic acids is 1. The number of amides is 2. The summed E-state index contributed by atoms with van der Waals surface area (Å²) in [6, 6.07) is -0.0487. The van der Waals surface area contributed by atoms with Crippen molar-refractivity contribution in [2.75, 3.05) is 20.1 Å². The largest absolute Gasteiger partial charge is 0.343 e. The van der Waals surface area contributed by atoms with Gasteiger partial charge < -0.3 is 4.90 Å². The van der Waals surface area contributed by atoms with Crippen LogP contribution in [0.1, 0.15) is 12.8 Å². The lowest BCUT2D eigenvalue weighted by molar-refractivity contribution is 0.210. The van der Waals surface area contributed by atoms with E-state index in [1.807, 2.05) is 5.43 Å². The maximum atomic E-state index is 10.7. The summed E-state index contributed by atoms with van der Waals surface area (Å²) in [5.41, 5.74) is 7.39. The van der Waals surface area contributed by atoms with E-state index >= 15 is 0 Å². The number of nitrogens with one attached hydrogen (secondary N) is 3. The highest BCUT2D eigenvalue weighted by atomic mass is 16.2. The first-order valence-corrected chi connectivity index (χ1v) is 4.43. The van der Waals surface area contributed by atoms with Crippen molar-refractivity contribution >= 4 is 6.03 Å². The number of hydrazine groups is 2. The van der Waals surface area contributed by atoms with Crippen LogP contribution in [-0.2, 0) is 0 Å². The van der Waals surface area contributed by atoms with Crippen molar-refractivity contribution in [2.45, 2.75) is 18.9 Å². The highest BCUT2D eigenvalue weighted by Crippen LogP contribution is 2.06. The molecular formula is C7H17N5O. The molecule has 1 rings (SSSR count). The zero-order chi connectivity index (χ0) is 9.68. The van der Waals surface area contributed by atoms with Gasteiger partial charge in [-0.3, -0.25) is 10.9 Å². The molecule has 76 valence electrons. The number of urea groups is 1. The molecule has 0 aromatic carbocycles. The van der Waals surface area contributed by atoms with Gasteiger partial charge in [-0.05, 0) is 33.0 Å². The average molecular weight is 187 g/mol. The van der Waals surface area contributed by atoms with Crippen LogP contribution in [0.15, 0.2) is 0 Å². The molecule has 13 heavy (non-hydrogen) atoms. The molecule has 6 nitrogen and oxygen atoms in total. The van der Waals surface area contributed by atoms with Crippen LogP contribution >= 0.6 is 0 Å². The van der Waals surface area contributed by atoms with Gasteiger partial charge in [0.25, 0.3) is 0 Å². The van der Waals surface area contributed by atoms with E-state index in [0.29, 0.717) is 6.04 Å². The van der Waals surface area contributed by atoms with Crippen molar-refractivity contribution in [1.29, 1.82) is 0 Å². The van der Waals surface area contributed by atoms with Crippen LogP contribution in [0.4, 0.5) is 4.79 Å². The van der Waals surface area contributed by atoms with Crippen LogP contribution in [0.2, 0.25) is 0 Å². The number of rotatable bonds is 2. The lowest BCUT2D eigenvalue weighted by Gasteiger charge is -2.29. The van der Waals surface area contributed by atoms with Crippen LogP contribution in [0.25, 0.3) is 0 Å². The molecule has 1 fully saturated rings. The van der Waals surface area contributed by atoms with Gasteiger partial charge in [0.1, 0.15) is 0 Å². The third kappa shape index (κ3) is 3.58. The minimum atomic E-state index is -0.404. The molecule has 5 N–H and O–H groups in total. The summed E-state index contributed by atoms with van der Waals surface area (Å²) in [5, 5.41) is 0. The molecule has 1 aliphatic heterocycles. The van der Waals surface area contributed by atoms with Crippen molar-refractivity contribution in [3.8, 4) is 0 Å². The Morgan fingerprint density at radius 2 is 2.08 bits per heavy atom. The Kier molecular flexibility index (Phi) is 3.94. The first-order chi connectivity index (χ1) is 6.22. The number of nitrogens with zero attached hydrogens (tertiary/aromatic N) is 1. The van der Waals surface area contributed by atoms with Crippen molar-refractivity contribution in [3.63, 3.8) is 0 Å². The Morgan fingerprint density at radius 3 is 2.62 bits per heavy atom. The minimum absolute atomic E-state index is 0.355. The normalized spacial score (nSPS) is 19.8. The van der Waals surface area contributed by atoms with Crippen molar-refractivity contribution in [1.82, 2.24) is 21.2 Å². The average Bonchev–Trinajstić information content (AvgIpc) is 2.16. The molecule has 0 aromatic heterocycles. The molecule has 0 aromatic rings. The van der Waals surface area contributed by atoms with E-state index in [2.05, 4.69) is 22.8 Å². The van der Waals surface area contributed by atoms with E-state index in [9.17, 15) is 4.79 Å². The van der Waals surface area contributed by atoms with E-state index in [-0.39, 0.29) is 0 Å². The van der Waals surface area contributed by atoms with Crippen LogP contribution in [0, 0.1) is 0 Å². The lowest BCUT2D eigenvalue weighted by Crippen LogP contribution is -2.53. The second-order valence-corrected chi connectivity index (χ2v) is 3.32. The molecule has 0 spiro atoms. The van der Waals surface area contributed by atoms with Gasteiger partial charge in [-0.25, -0.2) is 16.1 Å². The predicted octanol–water partition coefficient (Wildman–Crippen LogP) is -1.24. The highest BCUT2D eigenvalue weighted by molar-refractivity contribution is 5.72. The van der Waals surface area contributed by atoms with E-state index in [4.69, 9.17) is 5.84 Å². The molecule has 1 aliphatic rings. The van der Waals surface area contributed by atoms with E-state index in [1.165, 1.54) is 0 Å². The summed E-state index contributed by atoms with van der Waals surface area (Å²) >= 11 is 0. The van der Waals surface area contributed by atoms with Gasteiger partial charge in [0.05, 0.1) is 0 Å². The topological polar surface area (TPSA) is 82.4 Å². The Morgan fingerprint density at radius 1 is 1.46 bits per heavy atom. The van der Waals surface area contributed by atoms with Gasteiger partial charge in [0.15, 0.2) is 0 Å². The summed E-state index contributed by atoms with van der Waals surface area (Å²) in [4.78, 5) is 13.0. The molecule has 2 amide bonds. The fourth-order valence-electron chi connectivity index (χ4n) is 1.36. The number of nitrogens with two attached hydrogens (primary N) is 1. The zero-order valence-electron chi connectivity index (χ0n) is 7.84. The van der Waals surface area contributed by atoms with E-state index in [0.717, 1.165) is 25.9 Å². The second kappa shape index (κ2) is 5.00. The van der Waals surface area contributed by atoms with Crippen LogP contribution < -0.4 is 22.1 Å². The van der Waals surface area contributed by atoms with Crippen LogP contribution in [0.5, 0.6) is 0 Å². The van der Waals surface area contributed by atoms with Gasteiger partial charge in [0, 0.05) is 6.04 Å². The maximum absolute atomic E-state index is 10.7. The number of hydrogen-bond donors (Lipinski definition) is 4. The predicted molar refractivity (Wildman–Crippen MR) is 49.5 cm³/mol. The number of piperidine rings is 1. The second-order valence-electron chi connectivity index (χ2n) is 3.32. The molecule has 0 saturated carbocycles. The van der Waals surface area contributed by atoms with Gasteiger partial charge in [-0.15, -0.1) is 0 Å². The molecule has 0 atom stereocenters. The number of carbonyl (C=O) groups is 1. The number of hydrogen-bond acceptors (Lipinski definition) is 4. The lowest BCUT2D eigenvalue weighted by atomic mass is 10.1. The molecule has 1 saturated heterocycles. The molecule has 0 bridgehead atoms. The third-order valence-corrected chi connectivity index (χ3v) is 2.24. The van der Waals surface area contributed by atoms with Gasteiger partial charge in [0.2, 0.25) is 0 Å². The van der Waals surface area contributed by atoms with Crippen molar-refractivity contribution < 1.29 is 4.79 Å². The SMILES string of the molecule is CN1CCC(NNC(=O)NN)CC1. The minimum Gasteiger partial charge on any atom is -0.306 e. The summed E-state index contributed by atoms with van der Waals surface area (Å²) in [6.45, 7) is 2.12. The number of likely N-dealkylation sites (tertiary alicyclic amines) is 1. The standard InChI is InChI=1S/C7H17N5O/c1-12-4-2-6(3-5-12)10-11-7(13)9-8/h6,10H,2-5,8H2,1H3,(H2,9,11,13). The van der Waals surface area contributed by atoms with Gasteiger partial charge in [-0.1, -0.05) is 0 Å². The molecule has 0 unspecified atom stereocenters. The first kappa shape index (κ1) is 10.2. The van der Waals surface area contributed by atoms with Gasteiger partial charge in [-0.2, -0.15) is 0 Å². The molecule has 6 heteroatoms. The first-order valence-electron chi connectivity index (χ1n) is 4.43. The maximum Gasteiger partial charge on any atom is 0.343 e. The van der Waals surface area contributed by atoms with E-state index < -0.39 is 6.03 Å². The van der Waals surface area contributed by atoms with Crippen molar-refractivity contribution in [2.24, 2.45) is 5.84 Å². The van der Waals surface area contributed by atoms with Gasteiger partial charge >= 0.3 is 6.03 Å².